The fraction of sp³-hybridized carbons (Fsp3) is 0.462. The highest BCUT2D eigenvalue weighted by Crippen LogP contribution is 2.23. The molecule has 2 unspecified atom stereocenters. The summed E-state index contributed by atoms with van der Waals surface area (Å²) in [5, 5.41) is 2.77. The van der Waals surface area contributed by atoms with Gasteiger partial charge in [-0.1, -0.05) is 0 Å². The van der Waals surface area contributed by atoms with Crippen LogP contribution in [0.2, 0.25) is 0 Å². The molecular weight excluding hydrogens is 315 g/mol. The molecule has 1 aromatic rings. The van der Waals surface area contributed by atoms with Crippen LogP contribution in [0.25, 0.3) is 0 Å². The van der Waals surface area contributed by atoms with E-state index in [1.54, 1.807) is 4.90 Å². The van der Waals surface area contributed by atoms with Crippen LogP contribution in [0.1, 0.15) is 13.8 Å². The van der Waals surface area contributed by atoms with Gasteiger partial charge < -0.3 is 15.0 Å². The lowest BCUT2D eigenvalue weighted by molar-refractivity contribution is -0.0530. The van der Waals surface area contributed by atoms with Crippen molar-refractivity contribution in [1.82, 2.24) is 4.90 Å². The zero-order chi connectivity index (χ0) is 14.0. The van der Waals surface area contributed by atoms with Crippen LogP contribution in [0.5, 0.6) is 0 Å². The molecule has 0 aromatic heterocycles. The number of nitrogens with zero attached hydrogens (tertiary/aromatic N) is 1. The number of urea groups is 1. The Kier molecular flexibility index (Phi) is 4.42. The number of ether oxygens (including phenoxy) is 1. The maximum Gasteiger partial charge on any atom is 0.322 e. The summed E-state index contributed by atoms with van der Waals surface area (Å²) in [6.45, 7) is 4.97. The van der Waals surface area contributed by atoms with E-state index in [0.717, 1.165) is 0 Å². The molecule has 1 saturated heterocycles. The molecule has 2 amide bonds. The molecule has 2 rings (SSSR count). The van der Waals surface area contributed by atoms with Crippen LogP contribution in [0, 0.1) is 5.82 Å². The Balaban J connectivity index is 2.04. The van der Waals surface area contributed by atoms with Crippen molar-refractivity contribution in [1.29, 1.82) is 0 Å². The molecule has 1 N–H and O–H groups in total. The number of morpholine rings is 1. The van der Waals surface area contributed by atoms with Gasteiger partial charge in [-0.15, -0.1) is 0 Å². The summed E-state index contributed by atoms with van der Waals surface area (Å²) in [4.78, 5) is 13.8. The minimum Gasteiger partial charge on any atom is -0.372 e. The normalized spacial score (nSPS) is 23.3. The van der Waals surface area contributed by atoms with E-state index in [-0.39, 0.29) is 24.1 Å². The Morgan fingerprint density at radius 3 is 2.63 bits per heavy atom. The number of amides is 2. The van der Waals surface area contributed by atoms with Crippen molar-refractivity contribution in [3.63, 3.8) is 0 Å². The molecule has 1 aromatic carbocycles. The van der Waals surface area contributed by atoms with Gasteiger partial charge in [0.05, 0.1) is 17.9 Å². The summed E-state index contributed by atoms with van der Waals surface area (Å²) in [6, 6.07) is 3.96. The molecule has 1 heterocycles. The van der Waals surface area contributed by atoms with Gasteiger partial charge in [0.25, 0.3) is 0 Å². The fourth-order valence-electron chi connectivity index (χ4n) is 2.13. The second-order valence-electron chi connectivity index (χ2n) is 4.72. The van der Waals surface area contributed by atoms with E-state index in [1.807, 2.05) is 13.8 Å². The maximum absolute atomic E-state index is 13.0. The summed E-state index contributed by atoms with van der Waals surface area (Å²) in [6.07, 6.45) is 0.0392. The van der Waals surface area contributed by atoms with E-state index in [1.165, 1.54) is 18.2 Å². The number of benzene rings is 1. The predicted octanol–water partition coefficient (Wildman–Crippen LogP) is 3.23. The van der Waals surface area contributed by atoms with Crippen molar-refractivity contribution in [3.8, 4) is 0 Å². The van der Waals surface area contributed by atoms with Gasteiger partial charge in [-0.25, -0.2) is 9.18 Å². The second kappa shape index (κ2) is 5.88. The SMILES string of the molecule is CC1CN(C(=O)Nc2ccc(F)cc2Br)CC(C)O1. The fourth-order valence-corrected chi connectivity index (χ4v) is 2.58. The molecule has 6 heteroatoms. The molecular formula is C13H16BrFN2O2. The quantitative estimate of drug-likeness (QED) is 0.858. The molecule has 19 heavy (non-hydrogen) atoms. The topological polar surface area (TPSA) is 41.6 Å². The number of rotatable bonds is 1. The first-order valence-corrected chi connectivity index (χ1v) is 6.91. The summed E-state index contributed by atoms with van der Waals surface area (Å²) in [5.41, 5.74) is 0.554. The van der Waals surface area contributed by atoms with Gasteiger partial charge in [-0.05, 0) is 48.0 Å². The Hall–Kier alpha value is -1.14. The molecule has 1 aliphatic rings. The number of carbonyl (C=O) groups excluding carboxylic acids is 1. The highest BCUT2D eigenvalue weighted by molar-refractivity contribution is 9.10. The number of nitrogens with one attached hydrogen (secondary N) is 1. The van der Waals surface area contributed by atoms with Crippen LogP contribution in [-0.4, -0.2) is 36.2 Å². The first-order chi connectivity index (χ1) is 8.95. The van der Waals surface area contributed by atoms with Gasteiger partial charge in [0.15, 0.2) is 0 Å². The van der Waals surface area contributed by atoms with Gasteiger partial charge in [0.1, 0.15) is 5.82 Å². The summed E-state index contributed by atoms with van der Waals surface area (Å²) in [5.74, 6) is -0.349. The van der Waals surface area contributed by atoms with E-state index in [4.69, 9.17) is 4.74 Å². The van der Waals surface area contributed by atoms with Crippen molar-refractivity contribution in [2.45, 2.75) is 26.1 Å². The molecule has 0 saturated carbocycles. The van der Waals surface area contributed by atoms with Crippen LogP contribution in [0.3, 0.4) is 0 Å². The van der Waals surface area contributed by atoms with Gasteiger partial charge in [-0.2, -0.15) is 0 Å². The first-order valence-electron chi connectivity index (χ1n) is 6.12. The van der Waals surface area contributed by atoms with Crippen molar-refractivity contribution in [2.24, 2.45) is 0 Å². The van der Waals surface area contributed by atoms with Crippen LogP contribution in [0.15, 0.2) is 22.7 Å². The third-order valence-electron chi connectivity index (χ3n) is 2.88. The molecule has 0 bridgehead atoms. The van der Waals surface area contributed by atoms with Crippen molar-refractivity contribution < 1.29 is 13.9 Å². The number of carbonyl (C=O) groups is 1. The lowest BCUT2D eigenvalue weighted by atomic mass is 10.2. The molecule has 1 aliphatic heterocycles. The van der Waals surface area contributed by atoms with E-state index >= 15 is 0 Å². The number of halogens is 2. The summed E-state index contributed by atoms with van der Waals surface area (Å²) in [7, 11) is 0. The largest absolute Gasteiger partial charge is 0.372 e. The Morgan fingerprint density at radius 2 is 2.05 bits per heavy atom. The minimum atomic E-state index is -0.349. The highest BCUT2D eigenvalue weighted by atomic mass is 79.9. The van der Waals surface area contributed by atoms with Gasteiger partial charge in [0.2, 0.25) is 0 Å². The molecule has 2 atom stereocenters. The molecule has 0 spiro atoms. The lowest BCUT2D eigenvalue weighted by Gasteiger charge is -2.35. The van der Waals surface area contributed by atoms with E-state index in [9.17, 15) is 9.18 Å². The molecule has 104 valence electrons. The van der Waals surface area contributed by atoms with Crippen LogP contribution in [-0.2, 0) is 4.74 Å². The Bertz CT molecular complexity index is 474. The van der Waals surface area contributed by atoms with E-state index < -0.39 is 0 Å². The number of anilines is 1. The second-order valence-corrected chi connectivity index (χ2v) is 5.57. The van der Waals surface area contributed by atoms with Crippen LogP contribution >= 0.6 is 15.9 Å². The molecule has 1 fully saturated rings. The van der Waals surface area contributed by atoms with Crippen molar-refractivity contribution >= 4 is 27.6 Å². The summed E-state index contributed by atoms with van der Waals surface area (Å²) < 4.78 is 19.1. The number of hydrogen-bond acceptors (Lipinski definition) is 2. The predicted molar refractivity (Wildman–Crippen MR) is 74.7 cm³/mol. The minimum absolute atomic E-state index is 0.0196. The van der Waals surface area contributed by atoms with E-state index in [0.29, 0.717) is 23.2 Å². The maximum atomic E-state index is 13.0. The van der Waals surface area contributed by atoms with Crippen LogP contribution < -0.4 is 5.32 Å². The average molecular weight is 331 g/mol. The first kappa shape index (κ1) is 14.3. The Morgan fingerprint density at radius 1 is 1.42 bits per heavy atom. The van der Waals surface area contributed by atoms with Gasteiger partial charge in [-0.3, -0.25) is 0 Å². The lowest BCUT2D eigenvalue weighted by Crippen LogP contribution is -2.49. The third-order valence-corrected chi connectivity index (χ3v) is 3.54. The van der Waals surface area contributed by atoms with Crippen molar-refractivity contribution in [2.75, 3.05) is 18.4 Å². The Labute approximate surface area is 120 Å². The third kappa shape index (κ3) is 3.67. The van der Waals surface area contributed by atoms with Gasteiger partial charge >= 0.3 is 6.03 Å². The molecule has 0 radical (unpaired) electrons. The smallest absolute Gasteiger partial charge is 0.322 e. The molecule has 0 aliphatic carbocycles. The van der Waals surface area contributed by atoms with E-state index in [2.05, 4.69) is 21.2 Å². The standard InChI is InChI=1S/C13H16BrFN2O2/c1-8-6-17(7-9(2)19-8)13(18)16-12-4-3-10(15)5-11(12)14/h3-5,8-9H,6-7H2,1-2H3,(H,16,18). The van der Waals surface area contributed by atoms with Gasteiger partial charge in [0, 0.05) is 17.6 Å². The van der Waals surface area contributed by atoms with Crippen LogP contribution in [0.4, 0.5) is 14.9 Å². The highest BCUT2D eigenvalue weighted by Gasteiger charge is 2.26. The van der Waals surface area contributed by atoms with Crippen molar-refractivity contribution in [3.05, 3.63) is 28.5 Å². The zero-order valence-electron chi connectivity index (χ0n) is 10.8. The monoisotopic (exact) mass is 330 g/mol. The molecule has 4 nitrogen and oxygen atoms in total. The zero-order valence-corrected chi connectivity index (χ0v) is 12.4. The number of hydrogen-bond donors (Lipinski definition) is 1. The summed E-state index contributed by atoms with van der Waals surface area (Å²) >= 11 is 3.23. The average Bonchev–Trinajstić information content (AvgIpc) is 2.31.